The monoisotopic (exact) mass is 296 g/mol. The number of ketones is 1. The molecule has 104 valence electrons. The van der Waals surface area contributed by atoms with Gasteiger partial charge in [-0.15, -0.1) is 11.3 Å². The van der Waals surface area contributed by atoms with Gasteiger partial charge in [0.15, 0.2) is 5.78 Å². The number of nitrogens with two attached hydrogens (primary N) is 1. The summed E-state index contributed by atoms with van der Waals surface area (Å²) in [5, 5.41) is 15.6. The zero-order valence-electron chi connectivity index (χ0n) is 11.5. The molecule has 21 heavy (non-hydrogen) atoms. The van der Waals surface area contributed by atoms with E-state index in [-0.39, 0.29) is 11.6 Å². The third kappa shape index (κ3) is 1.90. The third-order valence-corrected chi connectivity index (χ3v) is 4.28. The van der Waals surface area contributed by atoms with Crippen LogP contribution in [-0.4, -0.2) is 15.4 Å². The van der Waals surface area contributed by atoms with Crippen molar-refractivity contribution >= 4 is 28.5 Å². The first kappa shape index (κ1) is 13.3. The van der Waals surface area contributed by atoms with Gasteiger partial charge in [-0.2, -0.15) is 10.4 Å². The summed E-state index contributed by atoms with van der Waals surface area (Å²) in [6, 6.07) is 7.79. The molecule has 0 aliphatic heterocycles. The number of aryl methyl sites for hydroxylation is 1. The van der Waals surface area contributed by atoms with Gasteiger partial charge in [0.25, 0.3) is 0 Å². The number of anilines is 1. The maximum Gasteiger partial charge on any atom is 0.163 e. The molecule has 0 bridgehead atoms. The molecule has 0 saturated carbocycles. The van der Waals surface area contributed by atoms with Gasteiger partial charge in [0.1, 0.15) is 17.5 Å². The third-order valence-electron chi connectivity index (χ3n) is 3.38. The fraction of sp³-hybridized carbons (Fsp3) is 0.133. The molecule has 5 nitrogen and oxygen atoms in total. The van der Waals surface area contributed by atoms with Gasteiger partial charge in [-0.25, -0.2) is 4.52 Å². The van der Waals surface area contributed by atoms with Crippen molar-refractivity contribution < 1.29 is 4.79 Å². The molecular formula is C15H12N4OS. The highest BCUT2D eigenvalue weighted by Gasteiger charge is 2.20. The second kappa shape index (κ2) is 4.72. The molecule has 3 heterocycles. The topological polar surface area (TPSA) is 84.2 Å². The fourth-order valence-electron chi connectivity index (χ4n) is 2.49. The summed E-state index contributed by atoms with van der Waals surface area (Å²) < 4.78 is 1.47. The Morgan fingerprint density at radius 3 is 2.86 bits per heavy atom. The molecule has 3 aromatic rings. The lowest BCUT2D eigenvalue weighted by molar-refractivity contribution is 0.101. The Morgan fingerprint density at radius 1 is 1.52 bits per heavy atom. The van der Waals surface area contributed by atoms with E-state index in [1.165, 1.54) is 22.8 Å². The standard InChI is InChI=1S/C15H12N4OS/c1-8-14(9(2)20)12-6-10(13-4-3-5-21-13)11(7-16)15(17)19(12)18-8/h3-6H,17H2,1-2H3. The van der Waals surface area contributed by atoms with Crippen LogP contribution in [0.2, 0.25) is 0 Å². The van der Waals surface area contributed by atoms with Crippen molar-refractivity contribution in [3.63, 3.8) is 0 Å². The highest BCUT2D eigenvalue weighted by atomic mass is 32.1. The second-order valence-corrected chi connectivity index (χ2v) is 5.67. The van der Waals surface area contributed by atoms with Crippen LogP contribution in [0, 0.1) is 18.3 Å². The van der Waals surface area contributed by atoms with Crippen molar-refractivity contribution in [2.24, 2.45) is 0 Å². The van der Waals surface area contributed by atoms with E-state index in [4.69, 9.17) is 5.73 Å². The minimum atomic E-state index is -0.0660. The maximum atomic E-state index is 11.8. The largest absolute Gasteiger partial charge is 0.383 e. The predicted molar refractivity (Wildman–Crippen MR) is 82.4 cm³/mol. The summed E-state index contributed by atoms with van der Waals surface area (Å²) in [7, 11) is 0. The van der Waals surface area contributed by atoms with Crippen molar-refractivity contribution in [3.05, 3.63) is 40.4 Å². The summed E-state index contributed by atoms with van der Waals surface area (Å²) in [4.78, 5) is 12.8. The molecule has 0 aliphatic carbocycles. The zero-order chi connectivity index (χ0) is 15.1. The Morgan fingerprint density at radius 2 is 2.29 bits per heavy atom. The lowest BCUT2D eigenvalue weighted by atomic mass is 10.0. The van der Waals surface area contributed by atoms with E-state index in [9.17, 15) is 10.1 Å². The highest BCUT2D eigenvalue weighted by Crippen LogP contribution is 2.33. The molecule has 0 aromatic carbocycles. The number of fused-ring (bicyclic) bond motifs is 1. The summed E-state index contributed by atoms with van der Waals surface area (Å²) >= 11 is 1.52. The van der Waals surface area contributed by atoms with Gasteiger partial charge in [0, 0.05) is 10.4 Å². The molecule has 2 N–H and O–H groups in total. The molecule has 0 radical (unpaired) electrons. The van der Waals surface area contributed by atoms with Gasteiger partial charge in [-0.05, 0) is 31.4 Å². The van der Waals surface area contributed by atoms with Crippen molar-refractivity contribution in [1.29, 1.82) is 5.26 Å². The molecule has 3 aromatic heterocycles. The number of hydrogen-bond donors (Lipinski definition) is 1. The van der Waals surface area contributed by atoms with Crippen LogP contribution in [0.5, 0.6) is 0 Å². The molecule has 0 unspecified atom stereocenters. The number of nitrogen functional groups attached to an aromatic ring is 1. The van der Waals surface area contributed by atoms with Gasteiger partial charge in [-0.1, -0.05) is 6.07 Å². The molecule has 3 rings (SSSR count). The van der Waals surface area contributed by atoms with Crippen LogP contribution in [0.3, 0.4) is 0 Å². The highest BCUT2D eigenvalue weighted by molar-refractivity contribution is 7.13. The Hall–Kier alpha value is -2.65. The predicted octanol–water partition coefficient (Wildman–Crippen LogP) is 3.03. The van der Waals surface area contributed by atoms with Crippen LogP contribution in [0.4, 0.5) is 5.82 Å². The number of aromatic nitrogens is 2. The van der Waals surface area contributed by atoms with E-state index in [1.807, 2.05) is 23.6 Å². The minimum Gasteiger partial charge on any atom is -0.383 e. The van der Waals surface area contributed by atoms with Crippen LogP contribution in [0.1, 0.15) is 28.5 Å². The van der Waals surface area contributed by atoms with E-state index in [2.05, 4.69) is 11.2 Å². The van der Waals surface area contributed by atoms with Crippen molar-refractivity contribution in [1.82, 2.24) is 9.61 Å². The Kier molecular flexibility index (Phi) is 3.00. The quantitative estimate of drug-likeness (QED) is 0.737. The van der Waals surface area contributed by atoms with Crippen LogP contribution < -0.4 is 5.73 Å². The summed E-state index contributed by atoms with van der Waals surface area (Å²) in [5.41, 5.74) is 9.00. The zero-order valence-corrected chi connectivity index (χ0v) is 12.4. The molecule has 6 heteroatoms. The smallest absolute Gasteiger partial charge is 0.163 e. The second-order valence-electron chi connectivity index (χ2n) is 4.72. The first-order chi connectivity index (χ1) is 10.0. The first-order valence-electron chi connectivity index (χ1n) is 6.31. The van der Waals surface area contributed by atoms with E-state index < -0.39 is 0 Å². The van der Waals surface area contributed by atoms with Crippen LogP contribution >= 0.6 is 11.3 Å². The number of hydrogen-bond acceptors (Lipinski definition) is 5. The fourth-order valence-corrected chi connectivity index (χ4v) is 3.24. The normalized spacial score (nSPS) is 10.7. The minimum absolute atomic E-state index is 0.0660. The van der Waals surface area contributed by atoms with E-state index in [0.717, 1.165) is 10.4 Å². The van der Waals surface area contributed by atoms with Gasteiger partial charge >= 0.3 is 0 Å². The van der Waals surface area contributed by atoms with Gasteiger partial charge in [-0.3, -0.25) is 4.79 Å². The average molecular weight is 296 g/mol. The Bertz CT molecular complexity index is 900. The maximum absolute atomic E-state index is 11.8. The molecule has 0 spiro atoms. The molecule has 0 fully saturated rings. The number of nitrogens with zero attached hydrogens (tertiary/aromatic N) is 3. The van der Waals surface area contributed by atoms with Gasteiger partial charge in [0.05, 0.1) is 16.8 Å². The molecular weight excluding hydrogens is 284 g/mol. The summed E-state index contributed by atoms with van der Waals surface area (Å²) in [6.45, 7) is 3.27. The first-order valence-corrected chi connectivity index (χ1v) is 7.19. The Balaban J connectivity index is 2.47. The number of Topliss-reactive ketones (excluding diaryl/α,β-unsaturated/α-hetero) is 1. The number of nitriles is 1. The molecule has 0 atom stereocenters. The lowest BCUT2D eigenvalue weighted by Gasteiger charge is -2.08. The Labute approximate surface area is 125 Å². The van der Waals surface area contributed by atoms with E-state index in [0.29, 0.717) is 22.3 Å². The number of carbonyl (C=O) groups excluding carboxylic acids is 1. The van der Waals surface area contributed by atoms with Crippen LogP contribution in [0.25, 0.3) is 16.0 Å². The average Bonchev–Trinajstić information content (AvgIpc) is 3.05. The van der Waals surface area contributed by atoms with Crippen molar-refractivity contribution in [2.45, 2.75) is 13.8 Å². The number of carbonyl (C=O) groups is 1. The summed E-state index contributed by atoms with van der Waals surface area (Å²) in [5.74, 6) is 0.192. The van der Waals surface area contributed by atoms with Gasteiger partial charge < -0.3 is 5.73 Å². The molecule has 0 amide bonds. The number of rotatable bonds is 2. The lowest BCUT2D eigenvalue weighted by Crippen LogP contribution is -2.04. The van der Waals surface area contributed by atoms with Gasteiger partial charge in [0.2, 0.25) is 0 Å². The number of pyridine rings is 1. The molecule has 0 saturated heterocycles. The van der Waals surface area contributed by atoms with Crippen molar-refractivity contribution in [3.8, 4) is 16.5 Å². The summed E-state index contributed by atoms with van der Waals surface area (Å²) in [6.07, 6.45) is 0. The van der Waals surface area contributed by atoms with Crippen LogP contribution in [-0.2, 0) is 0 Å². The van der Waals surface area contributed by atoms with E-state index in [1.54, 1.807) is 6.92 Å². The van der Waals surface area contributed by atoms with E-state index >= 15 is 0 Å². The van der Waals surface area contributed by atoms with Crippen molar-refractivity contribution in [2.75, 3.05) is 5.73 Å². The molecule has 0 aliphatic rings. The SMILES string of the molecule is CC(=O)c1c(C)nn2c(N)c(C#N)c(-c3cccs3)cc12. The number of thiophene rings is 1. The van der Waals surface area contributed by atoms with Crippen LogP contribution in [0.15, 0.2) is 23.6 Å².